The highest BCUT2D eigenvalue weighted by Crippen LogP contribution is 2.48. The van der Waals surface area contributed by atoms with Crippen molar-refractivity contribution < 1.29 is 19.2 Å². The van der Waals surface area contributed by atoms with Gasteiger partial charge in [0, 0.05) is 19.0 Å². The fourth-order valence-electron chi connectivity index (χ4n) is 3.47. The molecule has 0 radical (unpaired) electrons. The van der Waals surface area contributed by atoms with E-state index in [1.54, 1.807) is 0 Å². The fraction of sp³-hybridized carbons (Fsp3) is 0.909. The standard InChI is InChI=1S/C11H16N2O4/c14-10(12-3-1-2-4-12)11-8-5-15-9(11)7-17-13(11)16-6-8/h8-9H,1-7H2/t8-,9+,11+/m0/s1. The van der Waals surface area contributed by atoms with Gasteiger partial charge in [0.2, 0.25) is 0 Å². The molecule has 4 aliphatic heterocycles. The van der Waals surface area contributed by atoms with Crippen LogP contribution < -0.4 is 0 Å². The molecule has 0 aromatic heterocycles. The van der Waals surface area contributed by atoms with Gasteiger partial charge in [-0.2, -0.15) is 0 Å². The molecule has 0 aromatic carbocycles. The molecule has 0 saturated carbocycles. The number of carbonyl (C=O) groups is 1. The number of carbonyl (C=O) groups excluding carboxylic acids is 1. The fourth-order valence-corrected chi connectivity index (χ4v) is 3.47. The van der Waals surface area contributed by atoms with Crippen LogP contribution in [0.2, 0.25) is 0 Å². The summed E-state index contributed by atoms with van der Waals surface area (Å²) < 4.78 is 5.70. The van der Waals surface area contributed by atoms with Crippen molar-refractivity contribution in [2.24, 2.45) is 5.92 Å². The summed E-state index contributed by atoms with van der Waals surface area (Å²) in [5.41, 5.74) is -0.690. The minimum Gasteiger partial charge on any atom is -0.373 e. The third-order valence-electron chi connectivity index (χ3n) is 4.39. The second-order valence-electron chi connectivity index (χ2n) is 5.19. The molecule has 0 unspecified atom stereocenters. The summed E-state index contributed by atoms with van der Waals surface area (Å²) in [4.78, 5) is 25.6. The molecule has 3 atom stereocenters. The number of ether oxygens (including phenoxy) is 1. The van der Waals surface area contributed by atoms with Crippen LogP contribution >= 0.6 is 0 Å². The van der Waals surface area contributed by atoms with Gasteiger partial charge in [-0.15, -0.1) is 0 Å². The van der Waals surface area contributed by atoms with Gasteiger partial charge in [-0.05, 0) is 18.1 Å². The SMILES string of the molecule is O=C(N1CCCC1)[C@@]12[C@H]3CO[C@@H]1CON2OC3. The van der Waals surface area contributed by atoms with Gasteiger partial charge in [-0.1, -0.05) is 0 Å². The Balaban J connectivity index is 1.71. The molecule has 0 N–H and O–H groups in total. The highest BCUT2D eigenvalue weighted by molar-refractivity contribution is 5.88. The van der Waals surface area contributed by atoms with E-state index >= 15 is 0 Å². The molecule has 4 rings (SSSR count). The maximum Gasteiger partial charge on any atom is 0.251 e. The lowest BCUT2D eigenvalue weighted by Crippen LogP contribution is -2.59. The zero-order valence-corrected chi connectivity index (χ0v) is 9.63. The highest BCUT2D eigenvalue weighted by atomic mass is 17.0. The maximum absolute atomic E-state index is 12.8. The van der Waals surface area contributed by atoms with Crippen molar-refractivity contribution >= 4 is 5.91 Å². The van der Waals surface area contributed by atoms with Gasteiger partial charge >= 0.3 is 0 Å². The lowest BCUT2D eigenvalue weighted by molar-refractivity contribution is -0.341. The summed E-state index contributed by atoms with van der Waals surface area (Å²) in [5.74, 6) is 0.251. The zero-order valence-electron chi connectivity index (χ0n) is 9.63. The van der Waals surface area contributed by atoms with Crippen LogP contribution in [0.3, 0.4) is 0 Å². The Morgan fingerprint density at radius 1 is 1.12 bits per heavy atom. The van der Waals surface area contributed by atoms with Crippen LogP contribution in [0.25, 0.3) is 0 Å². The average Bonchev–Trinajstić information content (AvgIpc) is 3.08. The predicted molar refractivity (Wildman–Crippen MR) is 55.5 cm³/mol. The van der Waals surface area contributed by atoms with Crippen molar-refractivity contribution in [2.75, 3.05) is 32.9 Å². The summed E-state index contributed by atoms with van der Waals surface area (Å²) in [6, 6.07) is 0. The predicted octanol–water partition coefficient (Wildman–Crippen LogP) is -0.445. The molecule has 4 saturated heterocycles. The topological polar surface area (TPSA) is 51.2 Å². The molecule has 4 aliphatic rings. The minimum absolute atomic E-state index is 0.114. The first-order valence-electron chi connectivity index (χ1n) is 6.30. The zero-order chi connectivity index (χ0) is 11.5. The van der Waals surface area contributed by atoms with Gasteiger partial charge < -0.3 is 9.64 Å². The average molecular weight is 240 g/mol. The Kier molecular flexibility index (Phi) is 2.06. The summed E-state index contributed by atoms with van der Waals surface area (Å²) in [5, 5.41) is 1.43. The van der Waals surface area contributed by atoms with Crippen molar-refractivity contribution in [1.82, 2.24) is 10.1 Å². The second kappa shape index (κ2) is 3.41. The van der Waals surface area contributed by atoms with E-state index in [-0.39, 0.29) is 17.9 Å². The monoisotopic (exact) mass is 240 g/mol. The van der Waals surface area contributed by atoms with Gasteiger partial charge in [0.25, 0.3) is 5.91 Å². The normalized spacial score (nSPS) is 44.6. The van der Waals surface area contributed by atoms with Crippen LogP contribution in [0.5, 0.6) is 0 Å². The summed E-state index contributed by atoms with van der Waals surface area (Å²) in [6.07, 6.45) is 2.03. The summed E-state index contributed by atoms with van der Waals surface area (Å²) in [6.45, 7) is 3.26. The molecular formula is C11H16N2O4. The maximum atomic E-state index is 12.8. The third-order valence-corrected chi connectivity index (χ3v) is 4.39. The minimum atomic E-state index is -0.690. The molecule has 94 valence electrons. The van der Waals surface area contributed by atoms with Crippen LogP contribution in [-0.2, 0) is 19.2 Å². The van der Waals surface area contributed by atoms with Gasteiger partial charge in [-0.25, -0.2) is 0 Å². The van der Waals surface area contributed by atoms with Gasteiger partial charge in [0.05, 0.1) is 19.8 Å². The highest BCUT2D eigenvalue weighted by Gasteiger charge is 2.70. The van der Waals surface area contributed by atoms with E-state index in [1.807, 2.05) is 4.90 Å². The van der Waals surface area contributed by atoms with Crippen molar-refractivity contribution in [2.45, 2.75) is 24.5 Å². The second-order valence-corrected chi connectivity index (χ2v) is 5.19. The Morgan fingerprint density at radius 2 is 1.88 bits per heavy atom. The molecule has 1 amide bonds. The first kappa shape index (κ1) is 10.3. The molecule has 0 aromatic rings. The molecular weight excluding hydrogens is 224 g/mol. The smallest absolute Gasteiger partial charge is 0.251 e. The van der Waals surface area contributed by atoms with Crippen LogP contribution in [-0.4, -0.2) is 60.6 Å². The Hall–Kier alpha value is -0.690. The van der Waals surface area contributed by atoms with Crippen LogP contribution in [0.1, 0.15) is 12.8 Å². The summed E-state index contributed by atoms with van der Waals surface area (Å²) in [7, 11) is 0. The van der Waals surface area contributed by atoms with E-state index < -0.39 is 5.54 Å². The van der Waals surface area contributed by atoms with Crippen molar-refractivity contribution in [1.29, 1.82) is 0 Å². The van der Waals surface area contributed by atoms with Crippen LogP contribution in [0.4, 0.5) is 0 Å². The number of amides is 1. The molecule has 4 fully saturated rings. The Labute approximate surface area is 99.3 Å². The lowest BCUT2D eigenvalue weighted by Gasteiger charge is -2.32. The molecule has 6 heteroatoms. The quantitative estimate of drug-likeness (QED) is 0.621. The number of hydrogen-bond acceptors (Lipinski definition) is 5. The number of hydrogen-bond donors (Lipinski definition) is 0. The van der Waals surface area contributed by atoms with E-state index in [0.29, 0.717) is 19.8 Å². The first-order chi connectivity index (χ1) is 8.33. The van der Waals surface area contributed by atoms with Crippen molar-refractivity contribution in [3.05, 3.63) is 0 Å². The van der Waals surface area contributed by atoms with E-state index in [0.717, 1.165) is 25.9 Å². The molecule has 0 bridgehead atoms. The van der Waals surface area contributed by atoms with Gasteiger partial charge in [0.15, 0.2) is 5.54 Å². The first-order valence-corrected chi connectivity index (χ1v) is 6.30. The number of likely N-dealkylation sites (tertiary alicyclic amines) is 1. The number of nitrogens with zero attached hydrogens (tertiary/aromatic N) is 2. The van der Waals surface area contributed by atoms with E-state index in [2.05, 4.69) is 0 Å². The third kappa shape index (κ3) is 1.12. The van der Waals surface area contributed by atoms with E-state index in [9.17, 15) is 4.79 Å². The van der Waals surface area contributed by atoms with Crippen molar-refractivity contribution in [3.8, 4) is 0 Å². The Bertz CT molecular complexity index is 312. The van der Waals surface area contributed by atoms with Gasteiger partial charge in [0.1, 0.15) is 6.10 Å². The summed E-state index contributed by atoms with van der Waals surface area (Å²) >= 11 is 0. The van der Waals surface area contributed by atoms with Crippen molar-refractivity contribution in [3.63, 3.8) is 0 Å². The van der Waals surface area contributed by atoms with E-state index in [4.69, 9.17) is 14.4 Å². The Morgan fingerprint density at radius 3 is 2.71 bits per heavy atom. The molecule has 0 spiro atoms. The lowest BCUT2D eigenvalue weighted by atomic mass is 9.83. The van der Waals surface area contributed by atoms with Gasteiger partial charge in [-0.3, -0.25) is 14.5 Å². The van der Waals surface area contributed by atoms with Crippen LogP contribution in [0.15, 0.2) is 0 Å². The molecule has 17 heavy (non-hydrogen) atoms. The van der Waals surface area contributed by atoms with Crippen LogP contribution in [0, 0.1) is 5.92 Å². The number of rotatable bonds is 1. The molecule has 4 heterocycles. The molecule has 0 aliphatic carbocycles. The van der Waals surface area contributed by atoms with E-state index in [1.165, 1.54) is 5.23 Å². The number of hydroxylamine groups is 2. The largest absolute Gasteiger partial charge is 0.373 e. The molecule has 6 nitrogen and oxygen atoms in total.